The van der Waals surface area contributed by atoms with Crippen LogP contribution in [0.5, 0.6) is 11.6 Å². The minimum absolute atomic E-state index is 0.0431. The zero-order valence-electron chi connectivity index (χ0n) is 13.5. The molecule has 9 nitrogen and oxygen atoms in total. The van der Waals surface area contributed by atoms with E-state index < -0.39 is 0 Å². The molecule has 0 unspecified atom stereocenters. The van der Waals surface area contributed by atoms with Gasteiger partial charge in [0.2, 0.25) is 11.8 Å². The molecule has 1 aromatic carbocycles. The Balaban J connectivity index is 1.60. The molecule has 1 N–H and O–H groups in total. The summed E-state index contributed by atoms with van der Waals surface area (Å²) in [4.78, 5) is 23.8. The summed E-state index contributed by atoms with van der Waals surface area (Å²) in [5.74, 6) is 1.14. The van der Waals surface area contributed by atoms with Crippen LogP contribution in [-0.2, 0) is 17.9 Å². The molecule has 2 aromatic heterocycles. The van der Waals surface area contributed by atoms with Crippen molar-refractivity contribution in [1.82, 2.24) is 24.7 Å². The van der Waals surface area contributed by atoms with Gasteiger partial charge in [0.1, 0.15) is 43.7 Å². The van der Waals surface area contributed by atoms with Crippen LogP contribution in [0.2, 0.25) is 0 Å². The summed E-state index contributed by atoms with van der Waals surface area (Å²) in [6.45, 7) is 0.328. The largest absolute Gasteiger partial charge is 0.496 e. The molecule has 0 radical (unpaired) electrons. The molecule has 0 atom stereocenters. The van der Waals surface area contributed by atoms with Gasteiger partial charge in [0.05, 0.1) is 7.11 Å². The van der Waals surface area contributed by atoms with Gasteiger partial charge in [-0.05, 0) is 6.07 Å². The summed E-state index contributed by atoms with van der Waals surface area (Å²) in [7, 11) is 1.60. The van der Waals surface area contributed by atoms with Crippen LogP contribution in [0.15, 0.2) is 49.3 Å². The van der Waals surface area contributed by atoms with Gasteiger partial charge in [-0.25, -0.2) is 19.6 Å². The van der Waals surface area contributed by atoms with Crippen molar-refractivity contribution in [2.75, 3.05) is 12.4 Å². The molecule has 1 amide bonds. The van der Waals surface area contributed by atoms with Gasteiger partial charge < -0.3 is 14.8 Å². The fourth-order valence-corrected chi connectivity index (χ4v) is 2.10. The molecule has 0 saturated carbocycles. The standard InChI is InChI=1S/C16H16N6O3/c1-24-13-5-3-2-4-12(13)8-25-16-6-14(18-10-19-16)21-15(23)7-22-11-17-9-20-22/h2-6,9-11H,7-8H2,1H3,(H,18,19,21,23). The maximum atomic E-state index is 11.9. The van der Waals surface area contributed by atoms with Crippen LogP contribution >= 0.6 is 0 Å². The van der Waals surface area contributed by atoms with Crippen LogP contribution in [-0.4, -0.2) is 37.7 Å². The first-order valence-corrected chi connectivity index (χ1v) is 7.43. The Morgan fingerprint density at radius 1 is 1.24 bits per heavy atom. The number of amides is 1. The van der Waals surface area contributed by atoms with Crippen molar-refractivity contribution in [3.63, 3.8) is 0 Å². The Morgan fingerprint density at radius 3 is 2.92 bits per heavy atom. The highest BCUT2D eigenvalue weighted by molar-refractivity contribution is 5.89. The lowest BCUT2D eigenvalue weighted by molar-refractivity contribution is -0.116. The number of hydrogen-bond acceptors (Lipinski definition) is 7. The van der Waals surface area contributed by atoms with E-state index in [4.69, 9.17) is 9.47 Å². The van der Waals surface area contributed by atoms with Gasteiger partial charge in [-0.15, -0.1) is 0 Å². The maximum Gasteiger partial charge on any atom is 0.247 e. The van der Waals surface area contributed by atoms with E-state index in [1.807, 2.05) is 24.3 Å². The number of carbonyl (C=O) groups is 1. The Labute approximate surface area is 143 Å². The molecule has 128 valence electrons. The van der Waals surface area contributed by atoms with Gasteiger partial charge in [0.25, 0.3) is 0 Å². The van der Waals surface area contributed by atoms with Crippen molar-refractivity contribution in [2.24, 2.45) is 0 Å². The molecule has 0 fully saturated rings. The molecule has 0 aliphatic carbocycles. The number of hydrogen-bond donors (Lipinski definition) is 1. The highest BCUT2D eigenvalue weighted by Crippen LogP contribution is 2.20. The van der Waals surface area contributed by atoms with Gasteiger partial charge in [-0.1, -0.05) is 18.2 Å². The first kappa shape index (κ1) is 16.4. The van der Waals surface area contributed by atoms with Crippen molar-refractivity contribution >= 4 is 11.7 Å². The Kier molecular flexibility index (Phi) is 5.15. The van der Waals surface area contributed by atoms with E-state index in [9.17, 15) is 4.79 Å². The number of nitrogens with one attached hydrogen (secondary N) is 1. The molecule has 2 heterocycles. The third-order valence-corrected chi connectivity index (χ3v) is 3.25. The number of benzene rings is 1. The summed E-state index contributed by atoms with van der Waals surface area (Å²) in [5.41, 5.74) is 0.889. The highest BCUT2D eigenvalue weighted by Gasteiger charge is 2.08. The van der Waals surface area contributed by atoms with Gasteiger partial charge >= 0.3 is 0 Å². The van der Waals surface area contributed by atoms with Crippen molar-refractivity contribution < 1.29 is 14.3 Å². The van der Waals surface area contributed by atoms with Crippen LogP contribution in [0.3, 0.4) is 0 Å². The Hall–Kier alpha value is -3.49. The van der Waals surface area contributed by atoms with Gasteiger partial charge in [-0.3, -0.25) is 4.79 Å². The average molecular weight is 340 g/mol. The number of para-hydroxylation sites is 1. The number of nitrogens with zero attached hydrogens (tertiary/aromatic N) is 5. The lowest BCUT2D eigenvalue weighted by Gasteiger charge is -2.10. The molecule has 0 saturated heterocycles. The molecule has 25 heavy (non-hydrogen) atoms. The van der Waals surface area contributed by atoms with Crippen molar-refractivity contribution in [1.29, 1.82) is 0 Å². The third kappa shape index (κ3) is 4.50. The smallest absolute Gasteiger partial charge is 0.247 e. The Bertz CT molecular complexity index is 837. The van der Waals surface area contributed by atoms with Gasteiger partial charge in [-0.2, -0.15) is 5.10 Å². The number of anilines is 1. The molecular weight excluding hydrogens is 324 g/mol. The molecule has 0 spiro atoms. The first-order chi connectivity index (χ1) is 12.2. The SMILES string of the molecule is COc1ccccc1COc1cc(NC(=O)Cn2cncn2)ncn1. The van der Waals surface area contributed by atoms with E-state index in [0.717, 1.165) is 11.3 Å². The van der Waals surface area contributed by atoms with Gasteiger partial charge in [0.15, 0.2) is 0 Å². The number of carbonyl (C=O) groups excluding carboxylic acids is 1. The third-order valence-electron chi connectivity index (χ3n) is 3.25. The fourth-order valence-electron chi connectivity index (χ4n) is 2.10. The first-order valence-electron chi connectivity index (χ1n) is 7.43. The van der Waals surface area contributed by atoms with Crippen molar-refractivity contribution in [3.8, 4) is 11.6 Å². The number of rotatable bonds is 7. The zero-order chi connectivity index (χ0) is 17.5. The highest BCUT2D eigenvalue weighted by atomic mass is 16.5. The minimum atomic E-state index is -0.278. The summed E-state index contributed by atoms with van der Waals surface area (Å²) >= 11 is 0. The number of ether oxygens (including phenoxy) is 2. The predicted molar refractivity (Wildman–Crippen MR) is 88.0 cm³/mol. The second-order valence-corrected chi connectivity index (χ2v) is 4.98. The van der Waals surface area contributed by atoms with E-state index >= 15 is 0 Å². The van der Waals surface area contributed by atoms with E-state index in [0.29, 0.717) is 11.7 Å². The second kappa shape index (κ2) is 7.86. The van der Waals surface area contributed by atoms with E-state index in [2.05, 4.69) is 25.4 Å². The Morgan fingerprint density at radius 2 is 2.12 bits per heavy atom. The van der Waals surface area contributed by atoms with Crippen LogP contribution in [0, 0.1) is 0 Å². The maximum absolute atomic E-state index is 11.9. The van der Waals surface area contributed by atoms with E-state index in [-0.39, 0.29) is 19.1 Å². The molecule has 9 heteroatoms. The molecular formula is C16H16N6O3. The number of aromatic nitrogens is 5. The summed E-state index contributed by atoms with van der Waals surface area (Å²) in [5, 5.41) is 6.53. The summed E-state index contributed by atoms with van der Waals surface area (Å²) in [6, 6.07) is 9.09. The van der Waals surface area contributed by atoms with Crippen LogP contribution in [0.4, 0.5) is 5.82 Å². The van der Waals surface area contributed by atoms with E-state index in [1.165, 1.54) is 23.7 Å². The second-order valence-electron chi connectivity index (χ2n) is 4.98. The van der Waals surface area contributed by atoms with Crippen LogP contribution in [0.25, 0.3) is 0 Å². The average Bonchev–Trinajstić information content (AvgIpc) is 3.13. The molecule has 0 aliphatic rings. The molecule has 0 bridgehead atoms. The summed E-state index contributed by atoms with van der Waals surface area (Å²) in [6.07, 6.45) is 4.14. The van der Waals surface area contributed by atoms with Crippen molar-refractivity contribution in [2.45, 2.75) is 13.2 Å². The van der Waals surface area contributed by atoms with Crippen LogP contribution < -0.4 is 14.8 Å². The molecule has 3 rings (SSSR count). The topological polar surface area (TPSA) is 104 Å². The lowest BCUT2D eigenvalue weighted by atomic mass is 10.2. The molecule has 0 aliphatic heterocycles. The van der Waals surface area contributed by atoms with Crippen molar-refractivity contribution in [3.05, 3.63) is 54.9 Å². The predicted octanol–water partition coefficient (Wildman–Crippen LogP) is 1.29. The quantitative estimate of drug-likeness (QED) is 0.691. The fraction of sp³-hybridized carbons (Fsp3) is 0.188. The monoisotopic (exact) mass is 340 g/mol. The normalized spacial score (nSPS) is 10.3. The summed E-state index contributed by atoms with van der Waals surface area (Å²) < 4.78 is 12.3. The minimum Gasteiger partial charge on any atom is -0.496 e. The molecule has 3 aromatic rings. The lowest BCUT2D eigenvalue weighted by Crippen LogP contribution is -2.19. The number of methoxy groups -OCH3 is 1. The van der Waals surface area contributed by atoms with Gasteiger partial charge in [0, 0.05) is 11.6 Å². The zero-order valence-corrected chi connectivity index (χ0v) is 13.5. The van der Waals surface area contributed by atoms with E-state index in [1.54, 1.807) is 13.2 Å². The van der Waals surface area contributed by atoms with Crippen LogP contribution in [0.1, 0.15) is 5.56 Å².